The van der Waals surface area contributed by atoms with E-state index in [1.165, 1.54) is 19.3 Å². The molecule has 0 radical (unpaired) electrons. The molecule has 1 aromatic rings. The molecule has 0 amide bonds. The fraction of sp³-hybridized carbons (Fsp3) is 0.125. The fourth-order valence-electron chi connectivity index (χ4n) is 0.791. The smallest absolute Gasteiger partial charge is 0.161 e. The highest BCUT2D eigenvalue weighted by atomic mass is 16.1. The zero-order chi connectivity index (χ0) is 8.27. The summed E-state index contributed by atoms with van der Waals surface area (Å²) in [7, 11) is 0. The molecular formula is C8H6N2O. The Morgan fingerprint density at radius 3 is 2.91 bits per heavy atom. The van der Waals surface area contributed by atoms with Crippen molar-refractivity contribution in [2.45, 2.75) is 6.92 Å². The predicted molar refractivity (Wildman–Crippen MR) is 39.0 cm³/mol. The number of carbonyl (C=O) groups is 1. The van der Waals surface area contributed by atoms with Crippen LogP contribution in [0.4, 0.5) is 0 Å². The van der Waals surface area contributed by atoms with Crippen LogP contribution >= 0.6 is 0 Å². The van der Waals surface area contributed by atoms with Crippen LogP contribution < -0.4 is 0 Å². The number of rotatable bonds is 1. The topological polar surface area (TPSA) is 53.8 Å². The van der Waals surface area contributed by atoms with Gasteiger partial charge in [-0.25, -0.2) is 0 Å². The van der Waals surface area contributed by atoms with E-state index in [2.05, 4.69) is 4.98 Å². The van der Waals surface area contributed by atoms with E-state index in [0.717, 1.165) is 0 Å². The molecule has 11 heavy (non-hydrogen) atoms. The van der Waals surface area contributed by atoms with E-state index in [-0.39, 0.29) is 5.78 Å². The van der Waals surface area contributed by atoms with Gasteiger partial charge in [-0.15, -0.1) is 0 Å². The van der Waals surface area contributed by atoms with Crippen molar-refractivity contribution in [3.05, 3.63) is 29.6 Å². The first-order valence-corrected chi connectivity index (χ1v) is 3.10. The molecule has 3 nitrogen and oxygen atoms in total. The average molecular weight is 146 g/mol. The first-order chi connectivity index (χ1) is 5.25. The molecule has 1 aromatic heterocycles. The minimum Gasteiger partial charge on any atom is -0.294 e. The van der Waals surface area contributed by atoms with E-state index in [1.807, 2.05) is 6.07 Å². The summed E-state index contributed by atoms with van der Waals surface area (Å²) in [6.07, 6.45) is 2.88. The molecule has 0 aliphatic heterocycles. The molecule has 0 N–H and O–H groups in total. The number of nitrogens with zero attached hydrogens (tertiary/aromatic N) is 2. The first kappa shape index (κ1) is 7.42. The van der Waals surface area contributed by atoms with Crippen molar-refractivity contribution in [1.29, 1.82) is 5.26 Å². The van der Waals surface area contributed by atoms with E-state index in [1.54, 1.807) is 6.07 Å². The monoisotopic (exact) mass is 146 g/mol. The Balaban J connectivity index is 3.26. The van der Waals surface area contributed by atoms with Gasteiger partial charge in [0.2, 0.25) is 0 Å². The van der Waals surface area contributed by atoms with Crippen LogP contribution in [0.1, 0.15) is 22.8 Å². The Bertz CT molecular complexity index is 325. The van der Waals surface area contributed by atoms with E-state index in [0.29, 0.717) is 11.1 Å². The van der Waals surface area contributed by atoms with Gasteiger partial charge in [0.1, 0.15) is 6.07 Å². The van der Waals surface area contributed by atoms with Crippen molar-refractivity contribution in [1.82, 2.24) is 4.98 Å². The summed E-state index contributed by atoms with van der Waals surface area (Å²) in [5, 5.41) is 8.53. The lowest BCUT2D eigenvalue weighted by Crippen LogP contribution is -1.96. The second kappa shape index (κ2) is 2.93. The molecule has 0 unspecified atom stereocenters. The third-order valence-electron chi connectivity index (χ3n) is 1.32. The number of Topliss-reactive ketones (excluding diaryl/α,β-unsaturated/α-hetero) is 1. The Kier molecular flexibility index (Phi) is 1.98. The molecule has 0 aliphatic rings. The Morgan fingerprint density at radius 1 is 1.73 bits per heavy atom. The van der Waals surface area contributed by atoms with Gasteiger partial charge >= 0.3 is 0 Å². The molecule has 0 atom stereocenters. The van der Waals surface area contributed by atoms with Crippen molar-refractivity contribution >= 4 is 5.78 Å². The summed E-state index contributed by atoms with van der Waals surface area (Å²) in [4.78, 5) is 14.6. The Labute approximate surface area is 64.3 Å². The van der Waals surface area contributed by atoms with E-state index >= 15 is 0 Å². The highest BCUT2D eigenvalue weighted by molar-refractivity contribution is 5.96. The predicted octanol–water partition coefficient (Wildman–Crippen LogP) is 1.16. The minimum atomic E-state index is -0.107. The number of hydrogen-bond donors (Lipinski definition) is 0. The lowest BCUT2D eigenvalue weighted by atomic mass is 10.1. The van der Waals surface area contributed by atoms with Crippen LogP contribution in [0.15, 0.2) is 18.5 Å². The fourth-order valence-corrected chi connectivity index (χ4v) is 0.791. The first-order valence-electron chi connectivity index (χ1n) is 3.10. The molecular weight excluding hydrogens is 140 g/mol. The molecule has 54 valence electrons. The zero-order valence-corrected chi connectivity index (χ0v) is 6.03. The summed E-state index contributed by atoms with van der Waals surface area (Å²) in [6.45, 7) is 1.43. The van der Waals surface area contributed by atoms with Crippen molar-refractivity contribution in [3.63, 3.8) is 0 Å². The lowest BCUT2D eigenvalue weighted by Gasteiger charge is -1.94. The molecule has 0 saturated heterocycles. The molecule has 0 bridgehead atoms. The highest BCUT2D eigenvalue weighted by Crippen LogP contribution is 2.04. The number of aromatic nitrogens is 1. The minimum absolute atomic E-state index is 0.107. The molecule has 1 rings (SSSR count). The summed E-state index contributed by atoms with van der Waals surface area (Å²) in [5.74, 6) is -0.107. The number of ketones is 1. The lowest BCUT2D eigenvalue weighted by molar-refractivity contribution is 0.101. The molecule has 1 heterocycles. The SMILES string of the molecule is CC(=O)c1ccncc1C#N. The Morgan fingerprint density at radius 2 is 2.45 bits per heavy atom. The van der Waals surface area contributed by atoms with Crippen molar-refractivity contribution in [2.24, 2.45) is 0 Å². The molecule has 3 heteroatoms. The van der Waals surface area contributed by atoms with Gasteiger partial charge in [0, 0.05) is 18.0 Å². The quantitative estimate of drug-likeness (QED) is 0.558. The van der Waals surface area contributed by atoms with Gasteiger partial charge in [-0.1, -0.05) is 0 Å². The second-order valence-electron chi connectivity index (χ2n) is 2.09. The maximum Gasteiger partial charge on any atom is 0.161 e. The van der Waals surface area contributed by atoms with Gasteiger partial charge in [0.25, 0.3) is 0 Å². The van der Waals surface area contributed by atoms with E-state index in [9.17, 15) is 4.79 Å². The van der Waals surface area contributed by atoms with Gasteiger partial charge in [-0.05, 0) is 13.0 Å². The summed E-state index contributed by atoms with van der Waals surface area (Å²) < 4.78 is 0. The summed E-state index contributed by atoms with van der Waals surface area (Å²) >= 11 is 0. The maximum absolute atomic E-state index is 10.8. The van der Waals surface area contributed by atoms with Crippen molar-refractivity contribution in [3.8, 4) is 6.07 Å². The molecule has 0 aliphatic carbocycles. The summed E-state index contributed by atoms with van der Waals surface area (Å²) in [5.41, 5.74) is 0.766. The van der Waals surface area contributed by atoms with Crippen LogP contribution in [0, 0.1) is 11.3 Å². The zero-order valence-electron chi connectivity index (χ0n) is 6.03. The third kappa shape index (κ3) is 1.41. The molecule has 0 aromatic carbocycles. The maximum atomic E-state index is 10.8. The number of pyridine rings is 1. The summed E-state index contributed by atoms with van der Waals surface area (Å²) in [6, 6.07) is 3.44. The second-order valence-corrected chi connectivity index (χ2v) is 2.09. The molecule has 0 fully saturated rings. The number of hydrogen-bond acceptors (Lipinski definition) is 3. The number of carbonyl (C=O) groups excluding carboxylic acids is 1. The van der Waals surface area contributed by atoms with Gasteiger partial charge < -0.3 is 0 Å². The third-order valence-corrected chi connectivity index (χ3v) is 1.32. The van der Waals surface area contributed by atoms with Crippen LogP contribution in [0.5, 0.6) is 0 Å². The van der Waals surface area contributed by atoms with Crippen LogP contribution in [0.2, 0.25) is 0 Å². The van der Waals surface area contributed by atoms with Crippen LogP contribution in [0.3, 0.4) is 0 Å². The van der Waals surface area contributed by atoms with E-state index in [4.69, 9.17) is 5.26 Å². The van der Waals surface area contributed by atoms with Crippen LogP contribution in [-0.2, 0) is 0 Å². The van der Waals surface area contributed by atoms with Gasteiger partial charge in [-0.3, -0.25) is 9.78 Å². The van der Waals surface area contributed by atoms with Gasteiger partial charge in [-0.2, -0.15) is 5.26 Å². The average Bonchev–Trinajstić information content (AvgIpc) is 2.04. The van der Waals surface area contributed by atoms with Crippen LogP contribution in [-0.4, -0.2) is 10.8 Å². The largest absolute Gasteiger partial charge is 0.294 e. The van der Waals surface area contributed by atoms with Crippen LogP contribution in [0.25, 0.3) is 0 Å². The van der Waals surface area contributed by atoms with Gasteiger partial charge in [0.15, 0.2) is 5.78 Å². The standard InChI is InChI=1S/C8H6N2O/c1-6(11)8-2-3-10-5-7(8)4-9/h2-3,5H,1H3. The molecule has 0 spiro atoms. The van der Waals surface area contributed by atoms with Crippen molar-refractivity contribution in [2.75, 3.05) is 0 Å². The highest BCUT2D eigenvalue weighted by Gasteiger charge is 2.04. The van der Waals surface area contributed by atoms with Crippen molar-refractivity contribution < 1.29 is 4.79 Å². The van der Waals surface area contributed by atoms with E-state index < -0.39 is 0 Å². The number of nitriles is 1. The molecule has 0 saturated carbocycles. The normalized spacial score (nSPS) is 8.73. The Hall–Kier alpha value is -1.69. The van der Waals surface area contributed by atoms with Gasteiger partial charge in [0.05, 0.1) is 5.56 Å².